The lowest BCUT2D eigenvalue weighted by Crippen LogP contribution is -1.75. The Balaban J connectivity index is 2.63. The molecule has 0 aliphatic heterocycles. The molecule has 0 unspecified atom stereocenters. The number of rotatable bonds is 0. The van der Waals surface area contributed by atoms with Crippen molar-refractivity contribution in [1.82, 2.24) is 0 Å². The average molecular weight is 202 g/mol. The van der Waals surface area contributed by atoms with Crippen molar-refractivity contribution < 1.29 is 13.9 Å². The smallest absolute Gasteiger partial charge is 0.165 e. The fourth-order valence-electron chi connectivity index (χ4n) is 1.77. The molecule has 0 aliphatic carbocycles. The second-order valence-electron chi connectivity index (χ2n) is 3.37. The van der Waals surface area contributed by atoms with Crippen molar-refractivity contribution >= 4 is 21.9 Å². The van der Waals surface area contributed by atoms with Gasteiger partial charge in [-0.2, -0.15) is 0 Å². The first-order valence-corrected chi connectivity index (χ1v) is 4.56. The van der Waals surface area contributed by atoms with E-state index in [0.717, 1.165) is 5.39 Å². The zero-order valence-electron chi connectivity index (χ0n) is 7.70. The second kappa shape index (κ2) is 2.73. The van der Waals surface area contributed by atoms with E-state index in [0.29, 0.717) is 16.6 Å². The van der Waals surface area contributed by atoms with Gasteiger partial charge in [-0.3, -0.25) is 0 Å². The van der Waals surface area contributed by atoms with Crippen LogP contribution in [0.5, 0.6) is 5.75 Å². The maximum Gasteiger partial charge on any atom is 0.165 e. The van der Waals surface area contributed by atoms with Gasteiger partial charge in [-0.15, -0.1) is 0 Å². The summed E-state index contributed by atoms with van der Waals surface area (Å²) in [5, 5.41) is 10.8. The Morgan fingerprint density at radius 2 is 1.80 bits per heavy atom. The lowest BCUT2D eigenvalue weighted by atomic mass is 10.1. The van der Waals surface area contributed by atoms with Crippen molar-refractivity contribution in [2.75, 3.05) is 0 Å². The van der Waals surface area contributed by atoms with Crippen molar-refractivity contribution in [3.63, 3.8) is 0 Å². The number of aromatic hydroxyl groups is 1. The second-order valence-corrected chi connectivity index (χ2v) is 3.37. The van der Waals surface area contributed by atoms with Gasteiger partial charge in [0, 0.05) is 5.39 Å². The van der Waals surface area contributed by atoms with E-state index in [9.17, 15) is 9.50 Å². The molecule has 15 heavy (non-hydrogen) atoms. The molecule has 0 saturated heterocycles. The van der Waals surface area contributed by atoms with Gasteiger partial charge in [-0.25, -0.2) is 4.39 Å². The van der Waals surface area contributed by atoms with Crippen LogP contribution in [0, 0.1) is 5.82 Å². The summed E-state index contributed by atoms with van der Waals surface area (Å²) in [7, 11) is 0. The van der Waals surface area contributed by atoms with Gasteiger partial charge in [0.25, 0.3) is 0 Å². The number of fused-ring (bicyclic) bond motifs is 3. The lowest BCUT2D eigenvalue weighted by Gasteiger charge is -1.95. The molecule has 0 atom stereocenters. The van der Waals surface area contributed by atoms with Crippen LogP contribution in [-0.4, -0.2) is 5.11 Å². The third-order valence-corrected chi connectivity index (χ3v) is 2.47. The molecule has 3 rings (SSSR count). The lowest BCUT2D eigenvalue weighted by molar-refractivity contribution is 0.438. The van der Waals surface area contributed by atoms with Crippen LogP contribution in [0.2, 0.25) is 0 Å². The summed E-state index contributed by atoms with van der Waals surface area (Å²) >= 11 is 0. The van der Waals surface area contributed by atoms with Crippen LogP contribution < -0.4 is 0 Å². The van der Waals surface area contributed by atoms with Gasteiger partial charge in [0.2, 0.25) is 0 Å². The summed E-state index contributed by atoms with van der Waals surface area (Å²) in [6.45, 7) is 0. The number of para-hydroxylation sites is 1. The van der Waals surface area contributed by atoms with E-state index in [-0.39, 0.29) is 5.75 Å². The summed E-state index contributed by atoms with van der Waals surface area (Å²) in [5.41, 5.74) is 1.14. The molecule has 2 aromatic carbocycles. The molecule has 0 fully saturated rings. The molecule has 0 spiro atoms. The Bertz CT molecular complexity index is 655. The van der Waals surface area contributed by atoms with Crippen LogP contribution in [0.3, 0.4) is 0 Å². The molecule has 74 valence electrons. The zero-order valence-corrected chi connectivity index (χ0v) is 7.70. The van der Waals surface area contributed by atoms with Crippen LogP contribution in [0.15, 0.2) is 40.8 Å². The molecule has 1 heterocycles. The molecule has 0 saturated carbocycles. The molecule has 2 nitrogen and oxygen atoms in total. The minimum Gasteiger partial charge on any atom is -0.504 e. The predicted octanol–water partition coefficient (Wildman–Crippen LogP) is 3.43. The van der Waals surface area contributed by atoms with Gasteiger partial charge in [0.05, 0.1) is 5.39 Å². The topological polar surface area (TPSA) is 33.4 Å². The Hall–Kier alpha value is -2.03. The Kier molecular flexibility index (Phi) is 1.51. The fourth-order valence-corrected chi connectivity index (χ4v) is 1.77. The largest absolute Gasteiger partial charge is 0.504 e. The van der Waals surface area contributed by atoms with Gasteiger partial charge in [0.1, 0.15) is 11.2 Å². The quantitative estimate of drug-likeness (QED) is 0.605. The maximum atomic E-state index is 13.2. The third kappa shape index (κ3) is 1.03. The summed E-state index contributed by atoms with van der Waals surface area (Å²) in [6, 6.07) is 9.94. The van der Waals surface area contributed by atoms with Gasteiger partial charge in [-0.1, -0.05) is 18.2 Å². The van der Waals surface area contributed by atoms with Crippen LogP contribution >= 0.6 is 0 Å². The highest BCUT2D eigenvalue weighted by atomic mass is 19.1. The number of phenolic OH excluding ortho intramolecular Hbond substituents is 1. The van der Waals surface area contributed by atoms with Gasteiger partial charge < -0.3 is 9.52 Å². The third-order valence-electron chi connectivity index (χ3n) is 2.47. The number of hydrogen-bond donors (Lipinski definition) is 1. The standard InChI is InChI=1S/C12H7FO2/c13-8-5-6-10-11(12(8)14)7-3-1-2-4-9(7)15-10/h1-6,14H. The van der Waals surface area contributed by atoms with E-state index in [1.54, 1.807) is 12.1 Å². The number of halogens is 1. The fraction of sp³-hybridized carbons (Fsp3) is 0. The number of benzene rings is 2. The first-order chi connectivity index (χ1) is 7.27. The first kappa shape index (κ1) is 8.29. The van der Waals surface area contributed by atoms with Crippen molar-refractivity contribution in [3.8, 4) is 5.75 Å². The van der Waals surface area contributed by atoms with Gasteiger partial charge in [-0.05, 0) is 18.2 Å². The average Bonchev–Trinajstić information content (AvgIpc) is 2.62. The van der Waals surface area contributed by atoms with Crippen molar-refractivity contribution in [1.29, 1.82) is 0 Å². The Morgan fingerprint density at radius 1 is 1.00 bits per heavy atom. The molecule has 3 heteroatoms. The minimum atomic E-state index is -0.631. The van der Waals surface area contributed by atoms with Crippen molar-refractivity contribution in [2.45, 2.75) is 0 Å². The van der Waals surface area contributed by atoms with Crippen LogP contribution in [0.4, 0.5) is 4.39 Å². The van der Waals surface area contributed by atoms with Crippen LogP contribution in [-0.2, 0) is 0 Å². The minimum absolute atomic E-state index is 0.350. The zero-order chi connectivity index (χ0) is 10.4. The van der Waals surface area contributed by atoms with Crippen LogP contribution in [0.1, 0.15) is 0 Å². The number of phenols is 1. The SMILES string of the molecule is Oc1c(F)ccc2oc3ccccc3c12. The predicted molar refractivity (Wildman–Crippen MR) is 55.3 cm³/mol. The highest BCUT2D eigenvalue weighted by molar-refractivity contribution is 6.08. The van der Waals surface area contributed by atoms with E-state index in [4.69, 9.17) is 4.42 Å². The molecular weight excluding hydrogens is 195 g/mol. The van der Waals surface area contributed by atoms with E-state index >= 15 is 0 Å². The molecule has 0 radical (unpaired) electrons. The van der Waals surface area contributed by atoms with E-state index < -0.39 is 5.82 Å². The van der Waals surface area contributed by atoms with Crippen molar-refractivity contribution in [3.05, 3.63) is 42.2 Å². The van der Waals surface area contributed by atoms with Crippen LogP contribution in [0.25, 0.3) is 21.9 Å². The Labute approximate surface area is 84.5 Å². The molecule has 1 aromatic heterocycles. The van der Waals surface area contributed by atoms with E-state index in [2.05, 4.69) is 0 Å². The highest BCUT2D eigenvalue weighted by Crippen LogP contribution is 2.35. The molecule has 1 N–H and O–H groups in total. The summed E-state index contributed by atoms with van der Waals surface area (Å²) in [6.07, 6.45) is 0. The van der Waals surface area contributed by atoms with Crippen molar-refractivity contribution in [2.24, 2.45) is 0 Å². The number of hydrogen-bond acceptors (Lipinski definition) is 2. The van der Waals surface area contributed by atoms with E-state index in [1.165, 1.54) is 12.1 Å². The Morgan fingerprint density at radius 3 is 2.67 bits per heavy atom. The summed E-state index contributed by atoms with van der Waals surface area (Å²) in [5.74, 6) is -0.980. The van der Waals surface area contributed by atoms with E-state index in [1.807, 2.05) is 12.1 Å². The highest BCUT2D eigenvalue weighted by Gasteiger charge is 2.13. The van der Waals surface area contributed by atoms with Gasteiger partial charge in [0.15, 0.2) is 11.6 Å². The summed E-state index contributed by atoms with van der Waals surface area (Å²) < 4.78 is 18.6. The molecular formula is C12H7FO2. The first-order valence-electron chi connectivity index (χ1n) is 4.56. The molecule has 0 bridgehead atoms. The maximum absolute atomic E-state index is 13.2. The summed E-state index contributed by atoms with van der Waals surface area (Å²) in [4.78, 5) is 0. The monoisotopic (exact) mass is 202 g/mol. The number of furan rings is 1. The molecule has 3 aromatic rings. The normalized spacial score (nSPS) is 11.3. The molecule has 0 aliphatic rings. The van der Waals surface area contributed by atoms with Gasteiger partial charge >= 0.3 is 0 Å². The molecule has 0 amide bonds.